The van der Waals surface area contributed by atoms with E-state index in [4.69, 9.17) is 5.73 Å². The van der Waals surface area contributed by atoms with Crippen molar-refractivity contribution < 1.29 is 9.18 Å². The maximum Gasteiger partial charge on any atom is 0.237 e. The number of alkyl halides is 1. The Bertz CT molecular complexity index is 75.3. The molecule has 1 atom stereocenters. The van der Waals surface area contributed by atoms with E-state index in [2.05, 4.69) is 5.73 Å². The topological polar surface area (TPSA) is 69.1 Å². The summed E-state index contributed by atoms with van der Waals surface area (Å²) in [5.74, 6) is -0.803. The van der Waals surface area contributed by atoms with Crippen LogP contribution in [0.3, 0.4) is 0 Å². The fraction of sp³-hybridized carbons (Fsp3) is 0.667. The van der Waals surface area contributed by atoms with Gasteiger partial charge in [-0.05, 0) is 0 Å². The highest BCUT2D eigenvalue weighted by Crippen LogP contribution is 1.74. The molecule has 0 aliphatic carbocycles. The van der Waals surface area contributed by atoms with Gasteiger partial charge in [-0.25, -0.2) is 4.39 Å². The first-order chi connectivity index (χ1) is 3.18. The molecule has 0 aliphatic heterocycles. The van der Waals surface area contributed by atoms with Gasteiger partial charge in [0.2, 0.25) is 5.91 Å². The Kier molecular flexibility index (Phi) is 2.29. The van der Waals surface area contributed by atoms with Crippen LogP contribution in [0.15, 0.2) is 0 Å². The molecular weight excluding hydrogens is 99.0 g/mol. The zero-order valence-electron chi connectivity index (χ0n) is 3.73. The van der Waals surface area contributed by atoms with Gasteiger partial charge in [-0.15, -0.1) is 0 Å². The molecule has 42 valence electrons. The highest BCUT2D eigenvalue weighted by molar-refractivity contribution is 5.79. The Morgan fingerprint density at radius 1 is 1.86 bits per heavy atom. The van der Waals surface area contributed by atoms with E-state index < -0.39 is 18.6 Å². The maximum absolute atomic E-state index is 11.2. The molecule has 0 bridgehead atoms. The van der Waals surface area contributed by atoms with E-state index in [1.54, 1.807) is 0 Å². The molecule has 4 heteroatoms. The summed E-state index contributed by atoms with van der Waals surface area (Å²) in [5.41, 5.74) is 9.31. The van der Waals surface area contributed by atoms with Crippen LogP contribution in [0.1, 0.15) is 0 Å². The maximum atomic E-state index is 11.2. The van der Waals surface area contributed by atoms with Crippen molar-refractivity contribution in [2.45, 2.75) is 6.04 Å². The molecule has 0 radical (unpaired) electrons. The van der Waals surface area contributed by atoms with Crippen LogP contribution < -0.4 is 11.5 Å². The van der Waals surface area contributed by atoms with Crippen molar-refractivity contribution >= 4 is 5.91 Å². The number of amides is 1. The third-order valence-corrected chi connectivity index (χ3v) is 0.532. The normalized spacial score (nSPS) is 13.4. The van der Waals surface area contributed by atoms with Crippen molar-refractivity contribution in [3.05, 3.63) is 0 Å². The number of hydrogen-bond donors (Lipinski definition) is 2. The van der Waals surface area contributed by atoms with E-state index >= 15 is 0 Å². The van der Waals surface area contributed by atoms with Crippen molar-refractivity contribution in [1.29, 1.82) is 0 Å². The molecule has 0 saturated heterocycles. The molecule has 3 nitrogen and oxygen atoms in total. The van der Waals surface area contributed by atoms with Crippen LogP contribution >= 0.6 is 0 Å². The predicted molar refractivity (Wildman–Crippen MR) is 23.1 cm³/mol. The number of hydrogen-bond acceptors (Lipinski definition) is 2. The Labute approximate surface area is 40.5 Å². The third kappa shape index (κ3) is 2.11. The van der Waals surface area contributed by atoms with Crippen LogP contribution in [0.4, 0.5) is 4.39 Å². The molecule has 0 saturated carbocycles. The van der Waals surface area contributed by atoms with Gasteiger partial charge in [0.1, 0.15) is 12.7 Å². The largest absolute Gasteiger partial charge is 0.368 e. The minimum absolute atomic E-state index is 0.803. The van der Waals surface area contributed by atoms with E-state index in [0.717, 1.165) is 0 Å². The molecule has 0 heterocycles. The first-order valence-corrected chi connectivity index (χ1v) is 1.79. The van der Waals surface area contributed by atoms with Crippen molar-refractivity contribution in [2.24, 2.45) is 11.5 Å². The van der Waals surface area contributed by atoms with Gasteiger partial charge in [0.05, 0.1) is 0 Å². The number of halogens is 1. The summed E-state index contributed by atoms with van der Waals surface area (Å²) in [6.07, 6.45) is 0. The molecular formula is C3H7FN2O. The highest BCUT2D eigenvalue weighted by atomic mass is 19.1. The zero-order valence-corrected chi connectivity index (χ0v) is 3.73. The minimum Gasteiger partial charge on any atom is -0.368 e. The van der Waals surface area contributed by atoms with Gasteiger partial charge in [-0.2, -0.15) is 0 Å². The Morgan fingerprint density at radius 2 is 2.29 bits per heavy atom. The Hall–Kier alpha value is -0.640. The van der Waals surface area contributed by atoms with E-state index in [1.807, 2.05) is 0 Å². The lowest BCUT2D eigenvalue weighted by atomic mass is 10.3. The smallest absolute Gasteiger partial charge is 0.237 e. The van der Waals surface area contributed by atoms with Crippen molar-refractivity contribution in [3.63, 3.8) is 0 Å². The fourth-order valence-corrected chi connectivity index (χ4v) is 0.0760. The second kappa shape index (κ2) is 2.52. The summed E-state index contributed by atoms with van der Waals surface area (Å²) in [5, 5.41) is 0. The average Bonchev–Trinajstić information content (AvgIpc) is 1.65. The van der Waals surface area contributed by atoms with Crippen molar-refractivity contribution in [2.75, 3.05) is 6.67 Å². The number of carbonyl (C=O) groups is 1. The molecule has 0 aromatic carbocycles. The summed E-state index contributed by atoms with van der Waals surface area (Å²) in [7, 11) is 0. The van der Waals surface area contributed by atoms with Gasteiger partial charge in [0, 0.05) is 0 Å². The Morgan fingerprint density at radius 3 is 2.29 bits per heavy atom. The lowest BCUT2D eigenvalue weighted by molar-refractivity contribution is -0.119. The van der Waals surface area contributed by atoms with Crippen LogP contribution in [0, 0.1) is 0 Å². The van der Waals surface area contributed by atoms with Crippen LogP contribution in [0.2, 0.25) is 0 Å². The fourth-order valence-electron chi connectivity index (χ4n) is 0.0760. The number of primary amides is 1. The predicted octanol–water partition coefficient (Wildman–Crippen LogP) is -1.23. The molecule has 0 rings (SSSR count). The van der Waals surface area contributed by atoms with E-state index in [0.29, 0.717) is 0 Å². The molecule has 0 aliphatic rings. The monoisotopic (exact) mass is 106 g/mol. The first-order valence-electron chi connectivity index (χ1n) is 1.79. The average molecular weight is 106 g/mol. The van der Waals surface area contributed by atoms with E-state index in [-0.39, 0.29) is 0 Å². The van der Waals surface area contributed by atoms with Crippen LogP contribution in [-0.2, 0) is 4.79 Å². The molecule has 0 fully saturated rings. The van der Waals surface area contributed by atoms with Crippen molar-refractivity contribution in [3.8, 4) is 0 Å². The molecule has 0 spiro atoms. The second-order valence-electron chi connectivity index (χ2n) is 1.16. The van der Waals surface area contributed by atoms with Gasteiger partial charge in [0.25, 0.3) is 0 Å². The highest BCUT2D eigenvalue weighted by Gasteiger charge is 2.05. The summed E-state index contributed by atoms with van der Waals surface area (Å²) in [6.45, 7) is -0.880. The minimum atomic E-state index is -1.13. The standard InChI is InChI=1S/C3H7FN2O/c4-1-2(5)3(6)7/h2H,1,5H2,(H2,6,7)/t2-/m1/s1. The van der Waals surface area contributed by atoms with Gasteiger partial charge in [-0.3, -0.25) is 4.79 Å². The lowest BCUT2D eigenvalue weighted by Gasteiger charge is -1.96. The lowest BCUT2D eigenvalue weighted by Crippen LogP contribution is -2.37. The Balaban J connectivity index is 3.34. The van der Waals surface area contributed by atoms with Gasteiger partial charge >= 0.3 is 0 Å². The van der Waals surface area contributed by atoms with Crippen molar-refractivity contribution in [1.82, 2.24) is 0 Å². The van der Waals surface area contributed by atoms with Gasteiger partial charge in [0.15, 0.2) is 0 Å². The number of rotatable bonds is 2. The van der Waals surface area contributed by atoms with E-state index in [9.17, 15) is 9.18 Å². The summed E-state index contributed by atoms with van der Waals surface area (Å²) in [4.78, 5) is 9.79. The molecule has 0 unspecified atom stereocenters. The van der Waals surface area contributed by atoms with Crippen LogP contribution in [0.25, 0.3) is 0 Å². The summed E-state index contributed by atoms with van der Waals surface area (Å²) >= 11 is 0. The van der Waals surface area contributed by atoms with Crippen LogP contribution in [0.5, 0.6) is 0 Å². The van der Waals surface area contributed by atoms with E-state index in [1.165, 1.54) is 0 Å². The summed E-state index contributed by atoms with van der Waals surface area (Å²) in [6, 6.07) is -1.13. The molecule has 0 aromatic heterocycles. The molecule has 0 aromatic rings. The third-order valence-electron chi connectivity index (χ3n) is 0.532. The zero-order chi connectivity index (χ0) is 5.86. The molecule has 1 amide bonds. The molecule has 4 N–H and O–H groups in total. The van der Waals surface area contributed by atoms with Crippen LogP contribution in [-0.4, -0.2) is 18.6 Å². The van der Waals surface area contributed by atoms with Gasteiger partial charge in [-0.1, -0.05) is 0 Å². The van der Waals surface area contributed by atoms with Gasteiger partial charge < -0.3 is 11.5 Å². The number of carbonyl (C=O) groups excluding carboxylic acids is 1. The quantitative estimate of drug-likeness (QED) is 0.462. The first kappa shape index (κ1) is 6.36. The SMILES string of the molecule is NC(=O)[C@H](N)CF. The number of nitrogens with two attached hydrogens (primary N) is 2. The second-order valence-corrected chi connectivity index (χ2v) is 1.16. The summed E-state index contributed by atoms with van der Waals surface area (Å²) < 4.78 is 11.2. The molecule has 7 heavy (non-hydrogen) atoms.